The highest BCUT2D eigenvalue weighted by Gasteiger charge is 2.31. The summed E-state index contributed by atoms with van der Waals surface area (Å²) in [5.74, 6) is -0.484. The van der Waals surface area contributed by atoms with Crippen molar-refractivity contribution in [2.45, 2.75) is 37.6 Å². The van der Waals surface area contributed by atoms with Gasteiger partial charge < -0.3 is 22.9 Å². The molecule has 0 aromatic heterocycles. The summed E-state index contributed by atoms with van der Waals surface area (Å²) in [7, 11) is 0. The van der Waals surface area contributed by atoms with Crippen LogP contribution in [0.2, 0.25) is 0 Å². The van der Waals surface area contributed by atoms with Crippen LogP contribution in [0.1, 0.15) is 32.1 Å². The highest BCUT2D eigenvalue weighted by atomic mass is 15.0. The largest absolute Gasteiger partial charge is 0.386 e. The van der Waals surface area contributed by atoms with Crippen molar-refractivity contribution in [2.24, 2.45) is 22.9 Å². The summed E-state index contributed by atoms with van der Waals surface area (Å²) in [6.45, 7) is 0.688. The molecule has 0 saturated heterocycles. The summed E-state index contributed by atoms with van der Waals surface area (Å²) >= 11 is 0. The standard InChI is InChI=1S/C9H22N6/c10-6-4-2-1-3-5-9(15,7(11)12)8(13)14/h1-6,10,15H2,(H3,11,12)(H3,13,14). The van der Waals surface area contributed by atoms with Gasteiger partial charge in [-0.25, -0.2) is 0 Å². The van der Waals surface area contributed by atoms with Crippen LogP contribution < -0.4 is 22.9 Å². The zero-order valence-corrected chi connectivity index (χ0v) is 9.05. The lowest BCUT2D eigenvalue weighted by Gasteiger charge is -2.26. The molecule has 0 aromatic rings. The molecule has 0 aliphatic carbocycles. The Bertz CT molecular complexity index is 211. The lowest BCUT2D eigenvalue weighted by Crippen LogP contribution is -2.60. The molecule has 0 heterocycles. The Balaban J connectivity index is 3.99. The fourth-order valence-electron chi connectivity index (χ4n) is 1.32. The minimum atomic E-state index is -1.26. The molecule has 10 N–H and O–H groups in total. The maximum absolute atomic E-state index is 7.31. The quantitative estimate of drug-likeness (QED) is 0.183. The molecule has 88 valence electrons. The maximum Gasteiger partial charge on any atom is 0.130 e. The molecule has 0 saturated carbocycles. The monoisotopic (exact) mass is 214 g/mol. The molecule has 0 aliphatic rings. The average molecular weight is 214 g/mol. The van der Waals surface area contributed by atoms with Gasteiger partial charge in [0.25, 0.3) is 0 Å². The lowest BCUT2D eigenvalue weighted by molar-refractivity contribution is 0.557. The fourth-order valence-corrected chi connectivity index (χ4v) is 1.32. The summed E-state index contributed by atoms with van der Waals surface area (Å²) in [6, 6.07) is 0. The second-order valence-corrected chi connectivity index (χ2v) is 3.75. The first-order valence-corrected chi connectivity index (χ1v) is 5.13. The third-order valence-corrected chi connectivity index (χ3v) is 2.49. The van der Waals surface area contributed by atoms with E-state index in [1.54, 1.807) is 0 Å². The van der Waals surface area contributed by atoms with Crippen LogP contribution in [0.3, 0.4) is 0 Å². The molecule has 0 radical (unpaired) electrons. The Morgan fingerprint density at radius 2 is 1.40 bits per heavy atom. The van der Waals surface area contributed by atoms with Crippen LogP contribution in [-0.4, -0.2) is 23.8 Å². The fraction of sp³-hybridized carbons (Fsp3) is 0.778. The van der Waals surface area contributed by atoms with Gasteiger partial charge in [-0.2, -0.15) is 0 Å². The van der Waals surface area contributed by atoms with Crippen molar-refractivity contribution in [3.8, 4) is 0 Å². The molecule has 0 aliphatic heterocycles. The second-order valence-electron chi connectivity index (χ2n) is 3.75. The minimum Gasteiger partial charge on any atom is -0.386 e. The predicted octanol–water partition coefficient (Wildman–Crippen LogP) is -0.535. The molecule has 0 unspecified atom stereocenters. The van der Waals surface area contributed by atoms with Gasteiger partial charge in [-0.1, -0.05) is 19.3 Å². The molecular weight excluding hydrogens is 192 g/mol. The minimum absolute atomic E-state index is 0.242. The topological polar surface area (TPSA) is 152 Å². The van der Waals surface area contributed by atoms with E-state index in [0.29, 0.717) is 13.0 Å². The van der Waals surface area contributed by atoms with Gasteiger partial charge in [0.2, 0.25) is 0 Å². The Kier molecular flexibility index (Phi) is 5.88. The molecular formula is C9H22N6. The van der Waals surface area contributed by atoms with E-state index in [9.17, 15) is 0 Å². The average Bonchev–Trinajstić information content (AvgIpc) is 2.16. The number of hydrogen-bond donors (Lipinski definition) is 6. The van der Waals surface area contributed by atoms with Gasteiger partial charge in [-0.3, -0.25) is 10.8 Å². The summed E-state index contributed by atoms with van der Waals surface area (Å²) in [4.78, 5) is 0. The first kappa shape index (κ1) is 13.9. The number of hydrogen-bond acceptors (Lipinski definition) is 4. The van der Waals surface area contributed by atoms with E-state index in [-0.39, 0.29) is 11.7 Å². The summed E-state index contributed by atoms with van der Waals surface area (Å²) in [5.41, 5.74) is 20.5. The van der Waals surface area contributed by atoms with Crippen molar-refractivity contribution in [1.29, 1.82) is 10.8 Å². The van der Waals surface area contributed by atoms with Crippen molar-refractivity contribution in [3.63, 3.8) is 0 Å². The maximum atomic E-state index is 7.31. The summed E-state index contributed by atoms with van der Waals surface area (Å²) in [5, 5.41) is 14.6. The van der Waals surface area contributed by atoms with Crippen LogP contribution in [0.25, 0.3) is 0 Å². The molecule has 6 nitrogen and oxygen atoms in total. The van der Waals surface area contributed by atoms with Gasteiger partial charge in [0.05, 0.1) is 0 Å². The van der Waals surface area contributed by atoms with Crippen molar-refractivity contribution >= 4 is 11.7 Å². The predicted molar refractivity (Wildman–Crippen MR) is 62.9 cm³/mol. The first-order chi connectivity index (χ1) is 6.95. The lowest BCUT2D eigenvalue weighted by atomic mass is 9.90. The number of nitrogens with one attached hydrogen (secondary N) is 2. The number of rotatable bonds is 8. The van der Waals surface area contributed by atoms with E-state index >= 15 is 0 Å². The third-order valence-electron chi connectivity index (χ3n) is 2.49. The normalized spacial score (nSPS) is 14.5. The second kappa shape index (κ2) is 6.36. The van der Waals surface area contributed by atoms with Gasteiger partial charge in [-0.05, 0) is 19.4 Å². The molecule has 0 spiro atoms. The van der Waals surface area contributed by atoms with E-state index < -0.39 is 5.54 Å². The molecule has 0 amide bonds. The highest BCUT2D eigenvalue weighted by molar-refractivity contribution is 6.10. The van der Waals surface area contributed by atoms with Gasteiger partial charge >= 0.3 is 0 Å². The zero-order valence-electron chi connectivity index (χ0n) is 9.05. The van der Waals surface area contributed by atoms with E-state index in [1.807, 2.05) is 0 Å². The van der Waals surface area contributed by atoms with Crippen LogP contribution in [-0.2, 0) is 0 Å². The number of nitrogens with two attached hydrogens (primary N) is 4. The van der Waals surface area contributed by atoms with E-state index in [4.69, 9.17) is 33.8 Å². The van der Waals surface area contributed by atoms with E-state index in [1.165, 1.54) is 0 Å². The molecule has 0 rings (SSSR count). The Hall–Kier alpha value is -1.14. The van der Waals surface area contributed by atoms with E-state index in [0.717, 1.165) is 25.7 Å². The zero-order chi connectivity index (χ0) is 11.9. The highest BCUT2D eigenvalue weighted by Crippen LogP contribution is 2.12. The van der Waals surface area contributed by atoms with Crippen molar-refractivity contribution in [1.82, 2.24) is 0 Å². The van der Waals surface area contributed by atoms with Gasteiger partial charge in [0.1, 0.15) is 17.2 Å². The van der Waals surface area contributed by atoms with Gasteiger partial charge in [-0.15, -0.1) is 0 Å². The third kappa shape index (κ3) is 4.26. The van der Waals surface area contributed by atoms with Crippen LogP contribution in [0.4, 0.5) is 0 Å². The Morgan fingerprint density at radius 3 is 1.80 bits per heavy atom. The first-order valence-electron chi connectivity index (χ1n) is 5.13. The summed E-state index contributed by atoms with van der Waals surface area (Å²) in [6.07, 6.45) is 4.23. The van der Waals surface area contributed by atoms with Crippen molar-refractivity contribution in [3.05, 3.63) is 0 Å². The molecule has 0 aromatic carbocycles. The van der Waals surface area contributed by atoms with Crippen LogP contribution in [0.5, 0.6) is 0 Å². The van der Waals surface area contributed by atoms with Crippen LogP contribution in [0.15, 0.2) is 0 Å². The van der Waals surface area contributed by atoms with E-state index in [2.05, 4.69) is 0 Å². The molecule has 0 fully saturated rings. The van der Waals surface area contributed by atoms with Crippen LogP contribution in [0, 0.1) is 10.8 Å². The summed E-state index contributed by atoms with van der Waals surface area (Å²) < 4.78 is 0. The molecule has 0 bridgehead atoms. The van der Waals surface area contributed by atoms with Gasteiger partial charge in [0, 0.05) is 0 Å². The Labute approximate surface area is 90.4 Å². The van der Waals surface area contributed by atoms with Crippen molar-refractivity contribution < 1.29 is 0 Å². The van der Waals surface area contributed by atoms with Crippen LogP contribution >= 0.6 is 0 Å². The van der Waals surface area contributed by atoms with Gasteiger partial charge in [0.15, 0.2) is 0 Å². The molecule has 0 atom stereocenters. The number of amidine groups is 2. The molecule has 15 heavy (non-hydrogen) atoms. The SMILES string of the molecule is N=C(N)C(N)(CCCCCCN)C(=N)N. The number of unbranched alkanes of at least 4 members (excludes halogenated alkanes) is 3. The molecule has 6 heteroatoms. The van der Waals surface area contributed by atoms with Crippen molar-refractivity contribution in [2.75, 3.05) is 6.54 Å². The smallest absolute Gasteiger partial charge is 0.130 e. The Morgan fingerprint density at radius 1 is 0.933 bits per heavy atom.